The summed E-state index contributed by atoms with van der Waals surface area (Å²) in [4.78, 5) is 56.7. The predicted octanol–water partition coefficient (Wildman–Crippen LogP) is 1.82. The molecule has 1 aromatic heterocycles. The average Bonchev–Trinajstić information content (AvgIpc) is 3.19. The number of imide groups is 1. The van der Waals surface area contributed by atoms with Crippen molar-refractivity contribution in [3.05, 3.63) is 35.5 Å². The van der Waals surface area contributed by atoms with Crippen LogP contribution < -0.4 is 5.32 Å². The minimum Gasteiger partial charge on any atom is -0.480 e. The summed E-state index contributed by atoms with van der Waals surface area (Å²) in [6.07, 6.45) is 0.842. The third kappa shape index (κ3) is 3.15. The van der Waals surface area contributed by atoms with E-state index in [1.165, 1.54) is 4.90 Å². The van der Waals surface area contributed by atoms with Gasteiger partial charge in [0.05, 0.1) is 5.69 Å². The number of aromatic nitrogens is 1. The summed E-state index contributed by atoms with van der Waals surface area (Å²) < 4.78 is 0. The number of carbonyl (C=O) groups is 4. The Hall–Kier alpha value is -3.36. The lowest BCUT2D eigenvalue weighted by Gasteiger charge is -2.36. The number of amides is 4. The van der Waals surface area contributed by atoms with Crippen molar-refractivity contribution in [2.45, 2.75) is 45.2 Å². The molecular weight excluding hydrogens is 400 g/mol. The summed E-state index contributed by atoms with van der Waals surface area (Å²) in [7, 11) is 0. The van der Waals surface area contributed by atoms with Gasteiger partial charge in [-0.1, -0.05) is 32.0 Å². The molecule has 0 unspecified atom stereocenters. The molecule has 9 nitrogen and oxygen atoms in total. The molecule has 2 aromatic rings. The first kappa shape index (κ1) is 20.9. The van der Waals surface area contributed by atoms with Crippen LogP contribution in [-0.2, 0) is 26.3 Å². The normalized spacial score (nSPS) is 21.4. The molecule has 31 heavy (non-hydrogen) atoms. The number of nitrogens with zero attached hydrogens (tertiary/aromatic N) is 2. The molecule has 2 aliphatic rings. The smallest absolute Gasteiger partial charge is 0.328 e. The summed E-state index contributed by atoms with van der Waals surface area (Å²) in [6.45, 7) is 5.26. The molecule has 1 fully saturated rings. The van der Waals surface area contributed by atoms with Crippen molar-refractivity contribution in [1.29, 1.82) is 0 Å². The van der Waals surface area contributed by atoms with E-state index >= 15 is 0 Å². The monoisotopic (exact) mass is 426 g/mol. The second kappa shape index (κ2) is 7.40. The van der Waals surface area contributed by atoms with Crippen molar-refractivity contribution in [3.8, 4) is 0 Å². The van der Waals surface area contributed by atoms with E-state index in [2.05, 4.69) is 10.3 Å². The number of hydrogen-bond acceptors (Lipinski definition) is 4. The Morgan fingerprint density at radius 2 is 1.97 bits per heavy atom. The van der Waals surface area contributed by atoms with Crippen LogP contribution in [0.25, 0.3) is 10.9 Å². The molecule has 9 heteroatoms. The molecule has 0 aliphatic carbocycles. The van der Waals surface area contributed by atoms with E-state index in [-0.39, 0.29) is 12.3 Å². The van der Waals surface area contributed by atoms with Crippen molar-refractivity contribution in [2.24, 2.45) is 5.92 Å². The maximum absolute atomic E-state index is 13.7. The first-order valence-electron chi connectivity index (χ1n) is 10.4. The number of nitrogens with one attached hydrogen (secondary N) is 2. The van der Waals surface area contributed by atoms with Crippen LogP contribution in [0.15, 0.2) is 24.3 Å². The van der Waals surface area contributed by atoms with Gasteiger partial charge in [0.25, 0.3) is 5.91 Å². The van der Waals surface area contributed by atoms with Gasteiger partial charge < -0.3 is 20.3 Å². The first-order valence-corrected chi connectivity index (χ1v) is 10.4. The fourth-order valence-electron chi connectivity index (χ4n) is 4.75. The Morgan fingerprint density at radius 1 is 1.26 bits per heavy atom. The van der Waals surface area contributed by atoms with Crippen LogP contribution in [0.4, 0.5) is 4.79 Å². The largest absolute Gasteiger partial charge is 0.480 e. The van der Waals surface area contributed by atoms with Crippen molar-refractivity contribution in [3.63, 3.8) is 0 Å². The number of carboxylic acids is 1. The molecule has 1 saturated heterocycles. The maximum atomic E-state index is 13.7. The number of hydrogen-bond donors (Lipinski definition) is 3. The Kier molecular flexibility index (Phi) is 4.99. The van der Waals surface area contributed by atoms with Gasteiger partial charge in [0.2, 0.25) is 5.91 Å². The standard InChI is InChI=1S/C22H26N4O5/c1-12(2)10-16(19(29)23-11-17(27)28)26-20(30)22(3)18-14(8-9-25(22)21(26)31)13-6-4-5-7-15(13)24-18/h4-7,12,16,24H,8-11H2,1-3H3,(H,23,29)(H,27,28)/t16-,22-/m0/s1. The van der Waals surface area contributed by atoms with Gasteiger partial charge in [0, 0.05) is 17.4 Å². The average molecular weight is 426 g/mol. The Morgan fingerprint density at radius 3 is 2.65 bits per heavy atom. The highest BCUT2D eigenvalue weighted by Gasteiger charge is 2.60. The van der Waals surface area contributed by atoms with Crippen LogP contribution in [0.5, 0.6) is 0 Å². The fourth-order valence-corrected chi connectivity index (χ4v) is 4.75. The van der Waals surface area contributed by atoms with E-state index < -0.39 is 41.9 Å². The van der Waals surface area contributed by atoms with E-state index in [0.717, 1.165) is 21.4 Å². The van der Waals surface area contributed by atoms with Gasteiger partial charge in [-0.15, -0.1) is 0 Å². The van der Waals surface area contributed by atoms with Crippen molar-refractivity contribution < 1.29 is 24.3 Å². The number of benzene rings is 1. The topological polar surface area (TPSA) is 123 Å². The SMILES string of the molecule is CC(C)C[C@@H](C(=O)NCC(=O)O)N1C(=O)N2CCc3c([nH]c4ccccc34)[C@@]2(C)C1=O. The summed E-state index contributed by atoms with van der Waals surface area (Å²) in [5.41, 5.74) is 1.33. The molecule has 164 valence electrons. The summed E-state index contributed by atoms with van der Waals surface area (Å²) in [6, 6.07) is 6.17. The number of urea groups is 1. The van der Waals surface area contributed by atoms with Crippen LogP contribution in [0.2, 0.25) is 0 Å². The van der Waals surface area contributed by atoms with Crippen molar-refractivity contribution in [2.75, 3.05) is 13.1 Å². The van der Waals surface area contributed by atoms with Crippen molar-refractivity contribution in [1.82, 2.24) is 20.1 Å². The molecular formula is C22H26N4O5. The number of para-hydroxylation sites is 1. The number of carboxylic acid groups (broad SMARTS) is 1. The molecule has 0 saturated carbocycles. The van der Waals surface area contributed by atoms with E-state index in [4.69, 9.17) is 5.11 Å². The summed E-state index contributed by atoms with van der Waals surface area (Å²) >= 11 is 0. The number of fused-ring (bicyclic) bond motifs is 5. The quantitative estimate of drug-likeness (QED) is 0.608. The van der Waals surface area contributed by atoms with Gasteiger partial charge in [-0.2, -0.15) is 0 Å². The Labute approximate surface area is 179 Å². The zero-order chi connectivity index (χ0) is 22.5. The Balaban J connectivity index is 1.76. The number of aromatic amines is 1. The third-order valence-electron chi connectivity index (χ3n) is 6.22. The van der Waals surface area contributed by atoms with Crippen LogP contribution in [-0.4, -0.2) is 62.8 Å². The minimum absolute atomic E-state index is 0.00949. The lowest BCUT2D eigenvalue weighted by molar-refractivity contribution is -0.141. The second-order valence-corrected chi connectivity index (χ2v) is 8.71. The lowest BCUT2D eigenvalue weighted by Crippen LogP contribution is -2.52. The van der Waals surface area contributed by atoms with E-state index in [1.54, 1.807) is 6.92 Å². The molecule has 1 aromatic carbocycles. The zero-order valence-corrected chi connectivity index (χ0v) is 17.8. The van der Waals surface area contributed by atoms with E-state index in [9.17, 15) is 19.2 Å². The fraction of sp³-hybridized carbons (Fsp3) is 0.455. The molecule has 3 N–H and O–H groups in total. The zero-order valence-electron chi connectivity index (χ0n) is 17.8. The number of H-pyrrole nitrogens is 1. The summed E-state index contributed by atoms with van der Waals surface area (Å²) in [5.74, 6) is -2.29. The molecule has 2 aliphatic heterocycles. The minimum atomic E-state index is -1.24. The summed E-state index contributed by atoms with van der Waals surface area (Å²) in [5, 5.41) is 12.3. The molecule has 0 radical (unpaired) electrons. The molecule has 2 atom stereocenters. The van der Waals surface area contributed by atoms with Crippen molar-refractivity contribution >= 4 is 34.7 Å². The molecule has 4 rings (SSSR count). The number of rotatable bonds is 6. The predicted molar refractivity (Wildman–Crippen MR) is 112 cm³/mol. The second-order valence-electron chi connectivity index (χ2n) is 8.71. The van der Waals surface area contributed by atoms with Gasteiger partial charge in [-0.25, -0.2) is 9.69 Å². The van der Waals surface area contributed by atoms with Gasteiger partial charge in [-0.3, -0.25) is 14.4 Å². The molecule has 3 heterocycles. The van der Waals surface area contributed by atoms with Crippen LogP contribution >= 0.6 is 0 Å². The van der Waals surface area contributed by atoms with Gasteiger partial charge in [0.1, 0.15) is 12.6 Å². The van der Waals surface area contributed by atoms with Gasteiger partial charge in [0.15, 0.2) is 5.54 Å². The van der Waals surface area contributed by atoms with Gasteiger partial charge >= 0.3 is 12.0 Å². The maximum Gasteiger partial charge on any atom is 0.328 e. The Bertz CT molecular complexity index is 1090. The number of carbonyl (C=O) groups excluding carboxylic acids is 3. The molecule has 0 spiro atoms. The first-order chi connectivity index (χ1) is 14.7. The lowest BCUT2D eigenvalue weighted by atomic mass is 9.87. The van der Waals surface area contributed by atoms with Crippen LogP contribution in [0.1, 0.15) is 38.4 Å². The number of aliphatic carboxylic acids is 1. The van der Waals surface area contributed by atoms with Crippen LogP contribution in [0.3, 0.4) is 0 Å². The van der Waals surface area contributed by atoms with E-state index in [0.29, 0.717) is 18.7 Å². The third-order valence-corrected chi connectivity index (χ3v) is 6.22. The molecule has 4 amide bonds. The van der Waals surface area contributed by atoms with Crippen LogP contribution in [0, 0.1) is 5.92 Å². The molecule has 0 bridgehead atoms. The van der Waals surface area contributed by atoms with Gasteiger partial charge in [-0.05, 0) is 37.3 Å². The highest BCUT2D eigenvalue weighted by atomic mass is 16.4. The highest BCUT2D eigenvalue weighted by molar-refractivity contribution is 6.11. The highest BCUT2D eigenvalue weighted by Crippen LogP contribution is 2.44. The van der Waals surface area contributed by atoms with E-state index in [1.807, 2.05) is 38.1 Å².